The summed E-state index contributed by atoms with van der Waals surface area (Å²) in [5.74, 6) is 1.79. The number of hydrogen-bond acceptors (Lipinski definition) is 6. The van der Waals surface area contributed by atoms with Crippen molar-refractivity contribution < 1.29 is 4.79 Å². The number of benzene rings is 1. The third-order valence-electron chi connectivity index (χ3n) is 5.86. The summed E-state index contributed by atoms with van der Waals surface area (Å²) in [6.07, 6.45) is 3.39. The molecule has 4 rings (SSSR count). The summed E-state index contributed by atoms with van der Waals surface area (Å²) in [7, 11) is 0. The lowest BCUT2D eigenvalue weighted by Gasteiger charge is -2.23. The molecule has 3 aromatic rings. The number of nitrogens with one attached hydrogen (secondary N) is 3. The Balaban J connectivity index is 1.66. The Hall–Kier alpha value is -3.39. The van der Waals surface area contributed by atoms with Crippen molar-refractivity contribution in [2.24, 2.45) is 0 Å². The minimum Gasteiger partial charge on any atom is -0.382 e. The van der Waals surface area contributed by atoms with Crippen molar-refractivity contribution in [1.82, 2.24) is 19.9 Å². The van der Waals surface area contributed by atoms with Crippen LogP contribution in [0.1, 0.15) is 55.3 Å². The molecule has 1 aliphatic rings. The van der Waals surface area contributed by atoms with Gasteiger partial charge in [0.15, 0.2) is 11.5 Å². The Morgan fingerprint density at radius 3 is 2.84 bits per heavy atom. The van der Waals surface area contributed by atoms with Gasteiger partial charge in [0.2, 0.25) is 5.91 Å². The molecular weight excluding hydrogens is 402 g/mol. The smallest absolute Gasteiger partial charge is 0.247 e. The van der Waals surface area contributed by atoms with Gasteiger partial charge in [-0.2, -0.15) is 4.52 Å². The van der Waals surface area contributed by atoms with Crippen molar-refractivity contribution in [3.63, 3.8) is 0 Å². The Labute approximate surface area is 188 Å². The van der Waals surface area contributed by atoms with Gasteiger partial charge < -0.3 is 21.7 Å². The van der Waals surface area contributed by atoms with E-state index in [1.807, 2.05) is 28.8 Å². The number of carbonyl (C=O) groups is 1. The number of anilines is 3. The van der Waals surface area contributed by atoms with Crippen molar-refractivity contribution in [3.05, 3.63) is 59.8 Å². The summed E-state index contributed by atoms with van der Waals surface area (Å²) >= 11 is 0. The Kier molecular flexibility index (Phi) is 6.41. The van der Waals surface area contributed by atoms with Gasteiger partial charge in [-0.3, -0.25) is 4.79 Å². The number of carbonyl (C=O) groups excluding carboxylic acids is 1. The van der Waals surface area contributed by atoms with Gasteiger partial charge in [-0.25, -0.2) is 4.98 Å². The normalized spacial score (nSPS) is 14.6. The van der Waals surface area contributed by atoms with E-state index in [1.165, 1.54) is 6.08 Å². The molecule has 1 aliphatic heterocycles. The maximum Gasteiger partial charge on any atom is 0.247 e. The zero-order valence-corrected chi connectivity index (χ0v) is 18.7. The van der Waals surface area contributed by atoms with Crippen molar-refractivity contribution in [1.29, 1.82) is 0 Å². The van der Waals surface area contributed by atoms with Gasteiger partial charge in [0.1, 0.15) is 5.82 Å². The minimum atomic E-state index is -0.231. The van der Waals surface area contributed by atoms with Crippen molar-refractivity contribution in [3.8, 4) is 0 Å². The molecule has 3 heterocycles. The van der Waals surface area contributed by atoms with Crippen LogP contribution in [0.5, 0.6) is 0 Å². The first-order valence-corrected chi connectivity index (χ1v) is 11.1. The molecule has 0 radical (unpaired) electrons. The van der Waals surface area contributed by atoms with Crippen LogP contribution in [0.25, 0.3) is 5.65 Å². The highest BCUT2D eigenvalue weighted by Crippen LogP contribution is 2.31. The quantitative estimate of drug-likeness (QED) is 0.424. The predicted molar refractivity (Wildman–Crippen MR) is 129 cm³/mol. The number of nitrogens with zero attached hydrogens (tertiary/aromatic N) is 3. The van der Waals surface area contributed by atoms with Crippen LogP contribution < -0.4 is 21.7 Å². The maximum absolute atomic E-state index is 11.6. The third-order valence-corrected chi connectivity index (χ3v) is 5.86. The van der Waals surface area contributed by atoms with Crippen LogP contribution in [0, 0.1) is 0 Å². The molecule has 0 atom stereocenters. The van der Waals surface area contributed by atoms with E-state index in [-0.39, 0.29) is 11.8 Å². The zero-order chi connectivity index (χ0) is 22.7. The van der Waals surface area contributed by atoms with Gasteiger partial charge in [0.05, 0.1) is 0 Å². The van der Waals surface area contributed by atoms with E-state index in [2.05, 4.69) is 47.5 Å². The first-order valence-electron chi connectivity index (χ1n) is 11.1. The SMILES string of the molecule is C=CC(=O)Nc1cccc(CNc2cc(C3CCNCC3)nc3c(C(C)C)c(N)nn23)c1. The van der Waals surface area contributed by atoms with Crippen LogP contribution in [0.2, 0.25) is 0 Å². The van der Waals surface area contributed by atoms with E-state index in [9.17, 15) is 4.79 Å². The average Bonchev–Trinajstić information content (AvgIpc) is 3.14. The lowest BCUT2D eigenvalue weighted by molar-refractivity contribution is -0.111. The molecule has 0 saturated carbocycles. The molecule has 1 fully saturated rings. The minimum absolute atomic E-state index is 0.223. The first-order chi connectivity index (χ1) is 15.5. The molecule has 8 heteroatoms. The zero-order valence-electron chi connectivity index (χ0n) is 18.7. The Morgan fingerprint density at radius 2 is 2.12 bits per heavy atom. The lowest BCUT2D eigenvalue weighted by atomic mass is 9.94. The highest BCUT2D eigenvalue weighted by Gasteiger charge is 2.22. The highest BCUT2D eigenvalue weighted by molar-refractivity contribution is 5.98. The summed E-state index contributed by atoms with van der Waals surface area (Å²) in [4.78, 5) is 16.6. The maximum atomic E-state index is 11.6. The van der Waals surface area contributed by atoms with Crippen LogP contribution >= 0.6 is 0 Å². The monoisotopic (exact) mass is 433 g/mol. The molecule has 168 valence electrons. The lowest BCUT2D eigenvalue weighted by Crippen LogP contribution is -2.27. The molecule has 1 aromatic carbocycles. The van der Waals surface area contributed by atoms with E-state index in [4.69, 9.17) is 10.7 Å². The summed E-state index contributed by atoms with van der Waals surface area (Å²) in [6.45, 7) is 10.3. The molecule has 32 heavy (non-hydrogen) atoms. The van der Waals surface area contributed by atoms with Gasteiger partial charge in [-0.05, 0) is 55.6 Å². The molecule has 0 aliphatic carbocycles. The Morgan fingerprint density at radius 1 is 1.34 bits per heavy atom. The van der Waals surface area contributed by atoms with E-state index >= 15 is 0 Å². The topological polar surface area (TPSA) is 109 Å². The average molecular weight is 434 g/mol. The number of fused-ring (bicyclic) bond motifs is 1. The molecule has 5 N–H and O–H groups in total. The van der Waals surface area contributed by atoms with Gasteiger partial charge in [-0.1, -0.05) is 32.6 Å². The van der Waals surface area contributed by atoms with E-state index < -0.39 is 0 Å². The number of nitrogen functional groups attached to an aromatic ring is 1. The third kappa shape index (κ3) is 4.60. The second-order valence-electron chi connectivity index (χ2n) is 8.53. The molecule has 0 spiro atoms. The van der Waals surface area contributed by atoms with E-state index in [0.717, 1.165) is 59.9 Å². The number of hydrogen-bond donors (Lipinski definition) is 4. The van der Waals surface area contributed by atoms with Gasteiger partial charge in [0, 0.05) is 35.5 Å². The summed E-state index contributed by atoms with van der Waals surface area (Å²) in [6, 6.07) is 9.83. The second kappa shape index (κ2) is 9.40. The van der Waals surface area contributed by atoms with Crippen molar-refractivity contribution >= 4 is 28.9 Å². The van der Waals surface area contributed by atoms with Crippen LogP contribution in [0.3, 0.4) is 0 Å². The van der Waals surface area contributed by atoms with Crippen LogP contribution in [-0.4, -0.2) is 33.6 Å². The van der Waals surface area contributed by atoms with E-state index in [1.54, 1.807) is 0 Å². The van der Waals surface area contributed by atoms with Crippen LogP contribution in [-0.2, 0) is 11.3 Å². The number of amides is 1. The highest BCUT2D eigenvalue weighted by atomic mass is 16.1. The fraction of sp³-hybridized carbons (Fsp3) is 0.375. The number of rotatable bonds is 7. The standard InChI is InChI=1S/C24H31N7O/c1-4-21(32)28-18-7-5-6-16(12-18)14-27-20-13-19(17-8-10-26-11-9-17)29-24-22(15(2)3)23(25)30-31(20)24/h4-7,12-13,15,17,26-27H,1,8-11,14H2,2-3H3,(H2,25,30)(H,28,32). The number of aromatic nitrogens is 3. The van der Waals surface area contributed by atoms with Crippen molar-refractivity contribution in [2.45, 2.75) is 45.1 Å². The number of piperidine rings is 1. The van der Waals surface area contributed by atoms with Crippen molar-refractivity contribution in [2.75, 3.05) is 29.5 Å². The largest absolute Gasteiger partial charge is 0.382 e. The fourth-order valence-electron chi connectivity index (χ4n) is 4.22. The first kappa shape index (κ1) is 21.8. The summed E-state index contributed by atoms with van der Waals surface area (Å²) < 4.78 is 1.82. The summed E-state index contributed by atoms with van der Waals surface area (Å²) in [5, 5.41) is 14.3. The van der Waals surface area contributed by atoms with Crippen LogP contribution in [0.4, 0.5) is 17.3 Å². The van der Waals surface area contributed by atoms with Crippen LogP contribution in [0.15, 0.2) is 43.0 Å². The summed E-state index contributed by atoms with van der Waals surface area (Å²) in [5.41, 5.74) is 10.9. The molecule has 1 amide bonds. The molecule has 8 nitrogen and oxygen atoms in total. The molecular formula is C24H31N7O. The van der Waals surface area contributed by atoms with Gasteiger partial charge >= 0.3 is 0 Å². The number of nitrogens with two attached hydrogens (primary N) is 1. The fourth-order valence-corrected chi connectivity index (χ4v) is 4.22. The Bertz CT molecular complexity index is 1130. The molecule has 2 aromatic heterocycles. The molecule has 0 unspecified atom stereocenters. The van der Waals surface area contributed by atoms with Gasteiger partial charge in [0.25, 0.3) is 0 Å². The van der Waals surface area contributed by atoms with Gasteiger partial charge in [-0.15, -0.1) is 5.10 Å². The van der Waals surface area contributed by atoms with E-state index in [0.29, 0.717) is 18.3 Å². The predicted octanol–water partition coefficient (Wildman–Crippen LogP) is 3.64. The second-order valence-corrected chi connectivity index (χ2v) is 8.53. The molecule has 0 bridgehead atoms. The molecule has 1 saturated heterocycles.